The molecular formula is C35H27ClF4N4O6. The molecule has 10 nitrogen and oxygen atoms in total. The molecular weight excluding hydrogens is 684 g/mol. The van der Waals surface area contributed by atoms with E-state index in [4.69, 9.17) is 26.5 Å². The van der Waals surface area contributed by atoms with Gasteiger partial charge in [0, 0.05) is 28.7 Å². The number of aliphatic hydroxyl groups is 1. The molecule has 1 aliphatic heterocycles. The number of aromatic nitrogens is 2. The summed E-state index contributed by atoms with van der Waals surface area (Å²) in [6, 6.07) is 13.4. The fourth-order valence-electron chi connectivity index (χ4n) is 5.89. The van der Waals surface area contributed by atoms with Crippen LogP contribution in [0.1, 0.15) is 58.8 Å². The number of benzene rings is 3. The van der Waals surface area contributed by atoms with Gasteiger partial charge in [0.15, 0.2) is 22.7 Å². The molecule has 1 fully saturated rings. The van der Waals surface area contributed by atoms with Crippen LogP contribution in [-0.2, 0) is 15.8 Å². The van der Waals surface area contributed by atoms with Crippen molar-refractivity contribution in [2.24, 2.45) is 5.73 Å². The molecule has 258 valence electrons. The fraction of sp³-hybridized carbons (Fsp3) is 0.257. The van der Waals surface area contributed by atoms with Gasteiger partial charge in [-0.25, -0.2) is 18.7 Å². The van der Waals surface area contributed by atoms with Gasteiger partial charge in [0.25, 0.3) is 5.91 Å². The summed E-state index contributed by atoms with van der Waals surface area (Å²) < 4.78 is 72.5. The third kappa shape index (κ3) is 5.77. The van der Waals surface area contributed by atoms with Crippen LogP contribution in [0.4, 0.5) is 17.6 Å². The Hall–Kier alpha value is -5.21. The summed E-state index contributed by atoms with van der Waals surface area (Å²) in [5.41, 5.74) is 1.79. The zero-order valence-corrected chi connectivity index (χ0v) is 26.9. The van der Waals surface area contributed by atoms with Crippen LogP contribution in [0.3, 0.4) is 0 Å². The van der Waals surface area contributed by atoms with Crippen LogP contribution in [0.5, 0.6) is 11.5 Å². The van der Waals surface area contributed by atoms with Gasteiger partial charge in [0.05, 0.1) is 17.3 Å². The largest absolute Gasteiger partial charge is 0.489 e. The minimum absolute atomic E-state index is 0.0337. The number of pyridine rings is 1. The van der Waals surface area contributed by atoms with Crippen molar-refractivity contribution >= 4 is 34.5 Å². The van der Waals surface area contributed by atoms with E-state index in [1.807, 2.05) is 0 Å². The third-order valence-electron chi connectivity index (χ3n) is 8.94. The van der Waals surface area contributed by atoms with E-state index < -0.39 is 52.6 Å². The molecule has 7 rings (SSSR count). The Morgan fingerprint density at radius 1 is 1.12 bits per heavy atom. The quantitative estimate of drug-likeness (QED) is 0.116. The number of alkyl halides is 2. The van der Waals surface area contributed by atoms with Gasteiger partial charge in [0.1, 0.15) is 40.7 Å². The molecule has 0 unspecified atom stereocenters. The number of amides is 2. The number of carbonyl (C=O) groups is 2. The van der Waals surface area contributed by atoms with Crippen LogP contribution in [0.15, 0.2) is 65.1 Å². The molecule has 0 saturated heterocycles. The molecule has 1 saturated carbocycles. The number of nitrogens with zero attached hydrogens (tertiary/aromatic N) is 2. The van der Waals surface area contributed by atoms with E-state index in [2.05, 4.69) is 20.0 Å². The summed E-state index contributed by atoms with van der Waals surface area (Å²) in [6.45, 7) is -2.53. The maximum Gasteiger partial charge on any atom is 0.387 e. The number of oxazole rings is 1. The molecule has 5 aromatic rings. The minimum atomic E-state index is -3.21. The lowest BCUT2D eigenvalue weighted by molar-refractivity contribution is -0.123. The molecule has 2 aromatic heterocycles. The van der Waals surface area contributed by atoms with Crippen LogP contribution < -0.4 is 20.5 Å². The molecule has 1 aliphatic carbocycles. The van der Waals surface area contributed by atoms with Gasteiger partial charge in [-0.3, -0.25) is 9.59 Å². The van der Waals surface area contributed by atoms with Crippen molar-refractivity contribution in [1.82, 2.24) is 15.3 Å². The van der Waals surface area contributed by atoms with E-state index >= 15 is 4.39 Å². The maximum atomic E-state index is 15.3. The number of hydrogen-bond acceptors (Lipinski definition) is 8. The normalized spacial score (nSPS) is 18.1. The van der Waals surface area contributed by atoms with Gasteiger partial charge in [0.2, 0.25) is 5.91 Å². The van der Waals surface area contributed by atoms with Gasteiger partial charge in [-0.15, -0.1) is 0 Å². The molecule has 2 atom stereocenters. The lowest BCUT2D eigenvalue weighted by Gasteiger charge is -2.30. The number of hydrogen-bond donors (Lipinski definition) is 3. The van der Waals surface area contributed by atoms with Crippen molar-refractivity contribution in [1.29, 1.82) is 0 Å². The van der Waals surface area contributed by atoms with Crippen LogP contribution in [0, 0.1) is 11.6 Å². The van der Waals surface area contributed by atoms with E-state index in [9.17, 15) is 27.9 Å². The second-order valence-electron chi connectivity index (χ2n) is 12.4. The highest BCUT2D eigenvalue weighted by molar-refractivity contribution is 6.31. The summed E-state index contributed by atoms with van der Waals surface area (Å²) in [5, 5.41) is 14.7. The second kappa shape index (κ2) is 12.3. The van der Waals surface area contributed by atoms with Gasteiger partial charge < -0.3 is 30.0 Å². The lowest BCUT2D eigenvalue weighted by Crippen LogP contribution is -2.43. The number of primary amides is 1. The predicted octanol–water partition coefficient (Wildman–Crippen LogP) is 6.10. The number of halogens is 5. The molecule has 15 heteroatoms. The van der Waals surface area contributed by atoms with E-state index in [1.54, 1.807) is 30.3 Å². The summed E-state index contributed by atoms with van der Waals surface area (Å²) in [4.78, 5) is 35.2. The Balaban J connectivity index is 1.33. The monoisotopic (exact) mass is 710 g/mol. The summed E-state index contributed by atoms with van der Waals surface area (Å²) in [7, 11) is 0. The standard InChI is InChI=1S/C35H27ClF4N4O6/c1-34(32(41)46)15-48-29-20(34)12-26(43-27(29)19-11-21(36)23(38)13-22(19)37)35(47,18-5-3-2-4-6-18)14-42-30(45)17-9-24-28(25(10-17)50-33(39)40)44-31(49-24)16-7-8-16/h2-6,9-13,16,33,47H,7-8,14-15H2,1H3,(H2,41,46)(H,42,45)/t34-,35+/m0/s1. The average Bonchev–Trinajstić information content (AvgIpc) is 3.75. The summed E-state index contributed by atoms with van der Waals surface area (Å²) in [6.07, 6.45) is 1.65. The average molecular weight is 711 g/mol. The summed E-state index contributed by atoms with van der Waals surface area (Å²) >= 11 is 6.01. The van der Waals surface area contributed by atoms with Crippen LogP contribution in [0.25, 0.3) is 22.4 Å². The second-order valence-corrected chi connectivity index (χ2v) is 12.8. The van der Waals surface area contributed by atoms with Gasteiger partial charge >= 0.3 is 6.61 Å². The first kappa shape index (κ1) is 33.3. The van der Waals surface area contributed by atoms with E-state index in [0.29, 0.717) is 12.0 Å². The Morgan fingerprint density at radius 2 is 1.86 bits per heavy atom. The third-order valence-corrected chi connectivity index (χ3v) is 9.23. The molecule has 2 amide bonds. The van der Waals surface area contributed by atoms with Crippen molar-refractivity contribution in [3.05, 3.63) is 106 Å². The van der Waals surface area contributed by atoms with E-state index in [1.165, 1.54) is 19.1 Å². The molecule has 3 heterocycles. The van der Waals surface area contributed by atoms with Crippen LogP contribution >= 0.6 is 11.6 Å². The first-order valence-electron chi connectivity index (χ1n) is 15.4. The van der Waals surface area contributed by atoms with Crippen molar-refractivity contribution in [2.75, 3.05) is 13.2 Å². The Morgan fingerprint density at radius 3 is 2.54 bits per heavy atom. The number of nitrogens with one attached hydrogen (secondary N) is 1. The molecule has 0 bridgehead atoms. The zero-order valence-electron chi connectivity index (χ0n) is 26.1. The number of fused-ring (bicyclic) bond motifs is 2. The maximum absolute atomic E-state index is 15.3. The number of nitrogens with two attached hydrogens (primary N) is 1. The predicted molar refractivity (Wildman–Crippen MR) is 171 cm³/mol. The fourth-order valence-corrected chi connectivity index (χ4v) is 6.05. The Bertz CT molecular complexity index is 2180. The highest BCUT2D eigenvalue weighted by Gasteiger charge is 2.46. The Kier molecular flexibility index (Phi) is 8.18. The smallest absolute Gasteiger partial charge is 0.387 e. The molecule has 0 radical (unpaired) electrons. The summed E-state index contributed by atoms with van der Waals surface area (Å²) in [5.74, 6) is -3.69. The van der Waals surface area contributed by atoms with Crippen molar-refractivity contribution in [3.8, 4) is 22.8 Å². The van der Waals surface area contributed by atoms with E-state index in [-0.39, 0.29) is 68.8 Å². The van der Waals surface area contributed by atoms with E-state index in [0.717, 1.165) is 25.0 Å². The highest BCUT2D eigenvalue weighted by atomic mass is 35.5. The molecule has 0 spiro atoms. The van der Waals surface area contributed by atoms with Gasteiger partial charge in [-0.2, -0.15) is 8.78 Å². The molecule has 2 aliphatic rings. The lowest BCUT2D eigenvalue weighted by atomic mass is 9.80. The van der Waals surface area contributed by atoms with Crippen LogP contribution in [0.2, 0.25) is 5.02 Å². The molecule has 3 aromatic carbocycles. The van der Waals surface area contributed by atoms with Crippen molar-refractivity contribution in [3.63, 3.8) is 0 Å². The van der Waals surface area contributed by atoms with Crippen molar-refractivity contribution in [2.45, 2.75) is 43.3 Å². The number of carbonyl (C=O) groups excluding carboxylic acids is 2. The SMILES string of the molecule is C[C@]1(C(N)=O)COc2c1cc([C@@](O)(CNC(=O)c1cc(OC(F)F)c3nc(C4CC4)oc3c1)c1ccccc1)nc2-c1cc(Cl)c(F)cc1F. The number of rotatable bonds is 10. The first-order valence-corrected chi connectivity index (χ1v) is 15.8. The molecule has 50 heavy (non-hydrogen) atoms. The number of ether oxygens (including phenoxy) is 2. The van der Waals surface area contributed by atoms with Gasteiger partial charge in [-0.05, 0) is 49.6 Å². The van der Waals surface area contributed by atoms with Gasteiger partial charge in [-0.1, -0.05) is 41.9 Å². The first-order chi connectivity index (χ1) is 23.8. The minimum Gasteiger partial charge on any atom is -0.489 e. The Labute approximate surface area is 286 Å². The van der Waals surface area contributed by atoms with Crippen molar-refractivity contribution < 1.29 is 46.1 Å². The zero-order chi connectivity index (χ0) is 35.5. The van der Waals surface area contributed by atoms with Crippen LogP contribution in [-0.4, -0.2) is 46.7 Å². The topological polar surface area (TPSA) is 150 Å². The molecule has 4 N–H and O–H groups in total. The highest BCUT2D eigenvalue weighted by Crippen LogP contribution is 2.47.